The molecule has 1 aromatic carbocycles. The summed E-state index contributed by atoms with van der Waals surface area (Å²) in [6, 6.07) is 7.09. The molecule has 0 aliphatic carbocycles. The predicted molar refractivity (Wildman–Crippen MR) is 128 cm³/mol. The van der Waals surface area contributed by atoms with Crippen LogP contribution in [0.25, 0.3) is 0 Å². The Bertz CT molecular complexity index is 1050. The Morgan fingerprint density at radius 1 is 1.09 bits per heavy atom. The molecule has 0 fully saturated rings. The molecule has 6 nitrogen and oxygen atoms in total. The fraction of sp³-hybridized carbons (Fsp3) is 0.542. The van der Waals surface area contributed by atoms with Crippen molar-refractivity contribution in [2.45, 2.75) is 62.6 Å². The van der Waals surface area contributed by atoms with Crippen LogP contribution in [0.1, 0.15) is 43.7 Å². The van der Waals surface area contributed by atoms with Gasteiger partial charge in [-0.15, -0.1) is 0 Å². The van der Waals surface area contributed by atoms with Crippen molar-refractivity contribution in [3.63, 3.8) is 0 Å². The zero-order valence-electron chi connectivity index (χ0n) is 20.2. The van der Waals surface area contributed by atoms with E-state index in [0.29, 0.717) is 5.75 Å². The summed E-state index contributed by atoms with van der Waals surface area (Å²) in [6.07, 6.45) is 2.95. The van der Waals surface area contributed by atoms with Gasteiger partial charge in [0.15, 0.2) is 0 Å². The van der Waals surface area contributed by atoms with Gasteiger partial charge in [0.05, 0.1) is 23.8 Å². The molecule has 0 spiro atoms. The molecule has 1 aliphatic rings. The highest BCUT2D eigenvalue weighted by Gasteiger charge is 2.31. The first-order valence-corrected chi connectivity index (χ1v) is 14.9. The van der Waals surface area contributed by atoms with Crippen molar-refractivity contribution in [3.8, 4) is 5.75 Å². The van der Waals surface area contributed by atoms with Crippen LogP contribution in [0, 0.1) is 5.41 Å². The molecule has 8 heteroatoms. The summed E-state index contributed by atoms with van der Waals surface area (Å²) in [5.41, 5.74) is 2.82. The molecular formula is C24H35N2O4SSi. The first kappa shape index (κ1) is 24.9. The molecule has 1 unspecified atom stereocenters. The van der Waals surface area contributed by atoms with Crippen molar-refractivity contribution in [2.24, 2.45) is 5.41 Å². The molecule has 0 N–H and O–H groups in total. The molecule has 3 rings (SSSR count). The number of hydrogen-bond donors (Lipinski definition) is 0. The van der Waals surface area contributed by atoms with E-state index in [2.05, 4.69) is 50.8 Å². The van der Waals surface area contributed by atoms with E-state index in [1.165, 1.54) is 13.3 Å². The lowest BCUT2D eigenvalue weighted by molar-refractivity contribution is 0.0826. The van der Waals surface area contributed by atoms with Gasteiger partial charge in [0.2, 0.25) is 18.9 Å². The molecule has 1 aliphatic heterocycles. The van der Waals surface area contributed by atoms with Crippen LogP contribution in [0.2, 0.25) is 13.1 Å². The number of pyridine rings is 1. The summed E-state index contributed by atoms with van der Waals surface area (Å²) < 4.78 is 38.8. The number of fused-ring (bicyclic) bond motifs is 1. The Hall–Kier alpha value is -1.74. The topological polar surface area (TPSA) is 68.7 Å². The second kappa shape index (κ2) is 9.63. The quantitative estimate of drug-likeness (QED) is 0.580. The maximum absolute atomic E-state index is 13.5. The molecule has 1 radical (unpaired) electrons. The minimum absolute atomic E-state index is 0.150. The van der Waals surface area contributed by atoms with E-state index in [9.17, 15) is 8.42 Å². The number of aromatic nitrogens is 1. The maximum Gasteiger partial charge on any atom is 0.211 e. The van der Waals surface area contributed by atoms with Crippen LogP contribution in [-0.2, 0) is 27.1 Å². The van der Waals surface area contributed by atoms with Crippen LogP contribution >= 0.6 is 0 Å². The van der Waals surface area contributed by atoms with Crippen molar-refractivity contribution >= 4 is 18.9 Å². The van der Waals surface area contributed by atoms with Crippen LogP contribution in [0.5, 0.6) is 5.75 Å². The fourth-order valence-electron chi connectivity index (χ4n) is 3.96. The van der Waals surface area contributed by atoms with Gasteiger partial charge in [-0.05, 0) is 73.8 Å². The lowest BCUT2D eigenvalue weighted by Crippen LogP contribution is -2.26. The third-order valence-corrected chi connectivity index (χ3v) is 8.25. The number of rotatable bonds is 6. The van der Waals surface area contributed by atoms with Gasteiger partial charge in [0.1, 0.15) is 10.6 Å². The van der Waals surface area contributed by atoms with E-state index >= 15 is 0 Å². The van der Waals surface area contributed by atoms with Crippen LogP contribution < -0.4 is 4.74 Å². The van der Waals surface area contributed by atoms with Crippen molar-refractivity contribution in [1.82, 2.24) is 9.88 Å². The van der Waals surface area contributed by atoms with Gasteiger partial charge in [-0.25, -0.2) is 8.42 Å². The summed E-state index contributed by atoms with van der Waals surface area (Å²) in [5, 5.41) is 0. The van der Waals surface area contributed by atoms with Crippen molar-refractivity contribution < 1.29 is 17.6 Å². The zero-order valence-corrected chi connectivity index (χ0v) is 22.0. The molecule has 2 heterocycles. The summed E-state index contributed by atoms with van der Waals surface area (Å²) >= 11 is 0. The smallest absolute Gasteiger partial charge is 0.211 e. The number of hydrogen-bond acceptors (Lipinski definition) is 6. The van der Waals surface area contributed by atoms with E-state index in [1.54, 1.807) is 18.2 Å². The van der Waals surface area contributed by atoms with Crippen molar-refractivity contribution in [3.05, 3.63) is 47.3 Å². The Kier molecular flexibility index (Phi) is 7.49. The van der Waals surface area contributed by atoms with E-state index in [-0.39, 0.29) is 21.3 Å². The van der Waals surface area contributed by atoms with Crippen LogP contribution in [0.4, 0.5) is 0 Å². The predicted octanol–water partition coefficient (Wildman–Crippen LogP) is 4.31. The largest absolute Gasteiger partial charge is 0.495 e. The summed E-state index contributed by atoms with van der Waals surface area (Å²) in [4.78, 5) is 7.15. The summed E-state index contributed by atoms with van der Waals surface area (Å²) in [6.45, 7) is 12.3. The zero-order chi connectivity index (χ0) is 23.7. The number of likely N-dealkylation sites (N-methyl/N-ethyl adjacent to an activating group) is 1. The minimum atomic E-state index is -3.78. The van der Waals surface area contributed by atoms with Gasteiger partial charge in [-0.2, -0.15) is 0 Å². The van der Waals surface area contributed by atoms with Gasteiger partial charge in [-0.1, -0.05) is 20.8 Å². The molecule has 0 saturated carbocycles. The first-order valence-electron chi connectivity index (χ1n) is 11.0. The third kappa shape index (κ3) is 5.42. The van der Waals surface area contributed by atoms with Gasteiger partial charge in [0, 0.05) is 19.3 Å². The Morgan fingerprint density at radius 3 is 2.22 bits per heavy atom. The average molecular weight is 476 g/mol. The molecule has 32 heavy (non-hydrogen) atoms. The molecule has 2 aromatic rings. The number of methoxy groups -OCH3 is 1. The number of benzene rings is 1. The molecule has 0 amide bonds. The molecule has 1 aromatic heterocycles. The molecule has 1 atom stereocenters. The second-order valence-electron chi connectivity index (χ2n) is 9.77. The Morgan fingerprint density at radius 2 is 1.72 bits per heavy atom. The van der Waals surface area contributed by atoms with Crippen molar-refractivity contribution in [1.29, 1.82) is 0 Å². The minimum Gasteiger partial charge on any atom is -0.495 e. The molecular weight excluding hydrogens is 440 g/mol. The second-order valence-corrected chi connectivity index (χ2v) is 13.7. The van der Waals surface area contributed by atoms with Gasteiger partial charge in [-0.3, -0.25) is 4.98 Å². The highest BCUT2D eigenvalue weighted by atomic mass is 32.2. The number of nitrogens with zero attached hydrogens (tertiary/aromatic N) is 2. The molecule has 175 valence electrons. The highest BCUT2D eigenvalue weighted by molar-refractivity contribution is 7.91. The van der Waals surface area contributed by atoms with E-state index in [1.807, 2.05) is 6.07 Å². The monoisotopic (exact) mass is 475 g/mol. The lowest BCUT2D eigenvalue weighted by Gasteiger charge is -2.32. The standard InChI is InChI=1S/C24H35N2O4SSi/c1-24(2,3)23(30-32(6)7)20-9-8-19(16-25-20)31(27,28)22-15-18-11-13-26(4)12-10-17(18)14-21(22)29-5/h8-9,14-16,23H,10-13H2,1-7H3. The average Bonchev–Trinajstić information content (AvgIpc) is 2.91. The Labute approximate surface area is 194 Å². The van der Waals surface area contributed by atoms with Gasteiger partial charge < -0.3 is 14.1 Å². The summed E-state index contributed by atoms with van der Waals surface area (Å²) in [7, 11) is -1.12. The maximum atomic E-state index is 13.5. The molecule has 0 bridgehead atoms. The highest BCUT2D eigenvalue weighted by Crippen LogP contribution is 2.37. The van der Waals surface area contributed by atoms with Crippen LogP contribution in [0.3, 0.4) is 0 Å². The lowest BCUT2D eigenvalue weighted by atomic mass is 9.87. The van der Waals surface area contributed by atoms with Gasteiger partial charge >= 0.3 is 0 Å². The Balaban J connectivity index is 2.00. The summed E-state index contributed by atoms with van der Waals surface area (Å²) in [5.74, 6) is 0.387. The first-order chi connectivity index (χ1) is 14.9. The van der Waals surface area contributed by atoms with E-state index in [4.69, 9.17) is 9.16 Å². The van der Waals surface area contributed by atoms with Crippen molar-refractivity contribution in [2.75, 3.05) is 27.2 Å². The molecule has 0 saturated heterocycles. The SMILES string of the molecule is COc1cc2c(cc1S(=O)(=O)c1ccc(C(O[Si](C)C)C(C)(C)C)nc1)CCN(C)CC2. The fourth-order valence-corrected chi connectivity index (χ4v) is 6.31. The van der Waals surface area contributed by atoms with Crippen LogP contribution in [-0.4, -0.2) is 54.6 Å². The number of ether oxygens (including phenoxy) is 1. The van der Waals surface area contributed by atoms with E-state index in [0.717, 1.165) is 42.8 Å². The van der Waals surface area contributed by atoms with Crippen LogP contribution in [0.15, 0.2) is 40.3 Å². The number of sulfone groups is 1. The normalized spacial score (nSPS) is 16.5. The van der Waals surface area contributed by atoms with E-state index < -0.39 is 18.9 Å². The van der Waals surface area contributed by atoms with Gasteiger partial charge in [0.25, 0.3) is 0 Å². The third-order valence-electron chi connectivity index (χ3n) is 5.78.